The maximum absolute atomic E-state index is 11.6. The van der Waals surface area contributed by atoms with Gasteiger partial charge in [-0.3, -0.25) is 4.79 Å². The van der Waals surface area contributed by atoms with Gasteiger partial charge >= 0.3 is 0 Å². The maximum atomic E-state index is 11.6. The Hall–Kier alpha value is -2.09. The van der Waals surface area contributed by atoms with Gasteiger partial charge in [0.15, 0.2) is 6.29 Å². The number of aldehydes is 1. The second kappa shape index (κ2) is 4.48. The molecule has 100 valence electrons. The fourth-order valence-electron chi connectivity index (χ4n) is 3.64. The molecule has 1 aliphatic carbocycles. The first kappa shape index (κ1) is 11.7. The summed E-state index contributed by atoms with van der Waals surface area (Å²) in [6.07, 6.45) is 5.98. The van der Waals surface area contributed by atoms with Crippen LogP contribution >= 0.6 is 0 Å². The number of H-pyrrole nitrogens is 1. The average Bonchev–Trinajstić information content (AvgIpc) is 3.13. The van der Waals surface area contributed by atoms with Crippen molar-refractivity contribution in [3.05, 3.63) is 47.7 Å². The van der Waals surface area contributed by atoms with Crippen LogP contribution in [0, 0.1) is 0 Å². The Morgan fingerprint density at radius 2 is 1.80 bits per heavy atom. The SMILES string of the molecule is O=Cc1c(C2CCCC2)[nH]c2c1ccc1ccccc12. The monoisotopic (exact) mass is 263 g/mol. The van der Waals surface area contributed by atoms with E-state index in [1.165, 1.54) is 36.5 Å². The molecule has 1 fully saturated rings. The zero-order valence-corrected chi connectivity index (χ0v) is 11.4. The molecule has 0 radical (unpaired) electrons. The molecule has 0 unspecified atom stereocenters. The van der Waals surface area contributed by atoms with E-state index in [9.17, 15) is 4.79 Å². The molecule has 0 aliphatic heterocycles. The average molecular weight is 263 g/mol. The number of rotatable bonds is 2. The Kier molecular flexibility index (Phi) is 2.62. The maximum Gasteiger partial charge on any atom is 0.152 e. The Bertz CT molecular complexity index is 794. The second-order valence-electron chi connectivity index (χ2n) is 5.76. The van der Waals surface area contributed by atoms with E-state index in [0.717, 1.165) is 28.4 Å². The van der Waals surface area contributed by atoms with Crippen molar-refractivity contribution in [3.8, 4) is 0 Å². The van der Waals surface area contributed by atoms with Crippen molar-refractivity contribution < 1.29 is 4.79 Å². The van der Waals surface area contributed by atoms with Gasteiger partial charge in [-0.15, -0.1) is 0 Å². The zero-order valence-electron chi connectivity index (χ0n) is 11.4. The van der Waals surface area contributed by atoms with Crippen LogP contribution in [0.2, 0.25) is 0 Å². The van der Waals surface area contributed by atoms with Crippen LogP contribution < -0.4 is 0 Å². The van der Waals surface area contributed by atoms with Gasteiger partial charge < -0.3 is 4.98 Å². The molecule has 20 heavy (non-hydrogen) atoms. The van der Waals surface area contributed by atoms with E-state index in [1.807, 2.05) is 0 Å². The van der Waals surface area contributed by atoms with Gasteiger partial charge in [0.25, 0.3) is 0 Å². The smallest absolute Gasteiger partial charge is 0.152 e. The molecule has 0 amide bonds. The summed E-state index contributed by atoms with van der Waals surface area (Å²) < 4.78 is 0. The third-order valence-electron chi connectivity index (χ3n) is 4.65. The highest BCUT2D eigenvalue weighted by molar-refractivity contribution is 6.11. The van der Waals surface area contributed by atoms with Crippen LogP contribution in [0.25, 0.3) is 21.7 Å². The van der Waals surface area contributed by atoms with Crippen LogP contribution in [-0.4, -0.2) is 11.3 Å². The molecule has 1 aromatic heterocycles. The van der Waals surface area contributed by atoms with Crippen molar-refractivity contribution in [2.45, 2.75) is 31.6 Å². The molecule has 2 aromatic carbocycles. The molecular weight excluding hydrogens is 246 g/mol. The first-order chi connectivity index (χ1) is 9.88. The van der Waals surface area contributed by atoms with E-state index in [4.69, 9.17) is 0 Å². The van der Waals surface area contributed by atoms with Gasteiger partial charge in [0.05, 0.1) is 5.52 Å². The summed E-state index contributed by atoms with van der Waals surface area (Å²) in [4.78, 5) is 15.1. The molecule has 0 bridgehead atoms. The fourth-order valence-corrected chi connectivity index (χ4v) is 3.64. The minimum absolute atomic E-state index is 0.529. The van der Waals surface area contributed by atoms with Crippen molar-refractivity contribution >= 4 is 28.0 Å². The van der Waals surface area contributed by atoms with Gasteiger partial charge in [0.2, 0.25) is 0 Å². The van der Waals surface area contributed by atoms with E-state index in [2.05, 4.69) is 41.4 Å². The van der Waals surface area contributed by atoms with Gasteiger partial charge in [0.1, 0.15) is 0 Å². The fraction of sp³-hybridized carbons (Fsp3) is 0.278. The van der Waals surface area contributed by atoms with Crippen LogP contribution in [0.1, 0.15) is 47.7 Å². The zero-order chi connectivity index (χ0) is 13.5. The summed E-state index contributed by atoms with van der Waals surface area (Å²) in [5.74, 6) is 0.529. The summed E-state index contributed by atoms with van der Waals surface area (Å²) in [7, 11) is 0. The number of hydrogen-bond acceptors (Lipinski definition) is 1. The Morgan fingerprint density at radius 1 is 1.00 bits per heavy atom. The quantitative estimate of drug-likeness (QED) is 0.662. The summed E-state index contributed by atoms with van der Waals surface area (Å²) in [5, 5.41) is 3.50. The lowest BCUT2D eigenvalue weighted by molar-refractivity contribution is 0.112. The lowest BCUT2D eigenvalue weighted by Crippen LogP contribution is -1.96. The topological polar surface area (TPSA) is 32.9 Å². The third kappa shape index (κ3) is 1.61. The molecule has 0 atom stereocenters. The number of nitrogens with one attached hydrogen (secondary N) is 1. The van der Waals surface area contributed by atoms with E-state index in [0.29, 0.717) is 5.92 Å². The van der Waals surface area contributed by atoms with Crippen molar-refractivity contribution in [2.24, 2.45) is 0 Å². The molecule has 1 aliphatic rings. The van der Waals surface area contributed by atoms with Gasteiger partial charge in [-0.05, 0) is 24.1 Å². The minimum Gasteiger partial charge on any atom is -0.357 e. The molecule has 0 spiro atoms. The Balaban J connectivity index is 2.05. The van der Waals surface area contributed by atoms with Crippen molar-refractivity contribution in [3.63, 3.8) is 0 Å². The number of carbonyl (C=O) groups is 1. The van der Waals surface area contributed by atoms with Crippen molar-refractivity contribution in [1.82, 2.24) is 4.98 Å². The lowest BCUT2D eigenvalue weighted by atomic mass is 9.99. The molecule has 2 nitrogen and oxygen atoms in total. The van der Waals surface area contributed by atoms with Gasteiger partial charge in [-0.25, -0.2) is 0 Å². The van der Waals surface area contributed by atoms with Gasteiger partial charge in [-0.2, -0.15) is 0 Å². The van der Waals surface area contributed by atoms with Gasteiger partial charge in [0, 0.05) is 22.0 Å². The highest BCUT2D eigenvalue weighted by Gasteiger charge is 2.23. The van der Waals surface area contributed by atoms with Crippen LogP contribution in [0.15, 0.2) is 36.4 Å². The molecule has 1 heterocycles. The van der Waals surface area contributed by atoms with Crippen LogP contribution in [0.5, 0.6) is 0 Å². The van der Waals surface area contributed by atoms with E-state index >= 15 is 0 Å². The molecule has 2 heteroatoms. The number of fused-ring (bicyclic) bond motifs is 3. The van der Waals surface area contributed by atoms with E-state index in [1.54, 1.807) is 0 Å². The highest BCUT2D eigenvalue weighted by atomic mass is 16.1. The number of benzene rings is 2. The van der Waals surface area contributed by atoms with Crippen molar-refractivity contribution in [2.75, 3.05) is 0 Å². The molecule has 1 saturated carbocycles. The molecule has 1 N–H and O–H groups in total. The van der Waals surface area contributed by atoms with Crippen molar-refractivity contribution in [1.29, 1.82) is 0 Å². The lowest BCUT2D eigenvalue weighted by Gasteiger charge is -2.07. The second-order valence-corrected chi connectivity index (χ2v) is 5.76. The summed E-state index contributed by atoms with van der Waals surface area (Å²) in [5.41, 5.74) is 3.15. The van der Waals surface area contributed by atoms with Crippen LogP contribution in [0.3, 0.4) is 0 Å². The predicted octanol–water partition coefficient (Wildman–Crippen LogP) is 4.79. The summed E-state index contributed by atoms with van der Waals surface area (Å²) in [6, 6.07) is 12.5. The van der Waals surface area contributed by atoms with E-state index in [-0.39, 0.29) is 0 Å². The van der Waals surface area contributed by atoms with Crippen LogP contribution in [-0.2, 0) is 0 Å². The normalized spacial score (nSPS) is 16.2. The summed E-state index contributed by atoms with van der Waals surface area (Å²) >= 11 is 0. The number of hydrogen-bond donors (Lipinski definition) is 1. The highest BCUT2D eigenvalue weighted by Crippen LogP contribution is 2.38. The Labute approximate surface area is 117 Å². The molecule has 3 aromatic rings. The standard InChI is InChI=1S/C18H17NO/c20-11-16-15-10-9-12-5-3-4-8-14(12)18(15)19-17(16)13-6-1-2-7-13/h3-5,8-11,13,19H,1-2,6-7H2. The number of aromatic nitrogens is 1. The van der Waals surface area contributed by atoms with Crippen LogP contribution in [0.4, 0.5) is 0 Å². The minimum atomic E-state index is 0.529. The first-order valence-corrected chi connectivity index (χ1v) is 7.37. The van der Waals surface area contributed by atoms with Gasteiger partial charge in [-0.1, -0.05) is 49.2 Å². The molecular formula is C18H17NO. The third-order valence-corrected chi connectivity index (χ3v) is 4.65. The first-order valence-electron chi connectivity index (χ1n) is 7.37. The largest absolute Gasteiger partial charge is 0.357 e. The van der Waals surface area contributed by atoms with E-state index < -0.39 is 0 Å². The Morgan fingerprint density at radius 3 is 2.60 bits per heavy atom. The predicted molar refractivity (Wildman–Crippen MR) is 82.4 cm³/mol. The number of carbonyl (C=O) groups excluding carboxylic acids is 1. The molecule has 4 rings (SSSR count). The summed E-state index contributed by atoms with van der Waals surface area (Å²) in [6.45, 7) is 0. The molecule has 0 saturated heterocycles. The number of aromatic amines is 1.